The summed E-state index contributed by atoms with van der Waals surface area (Å²) in [5.41, 5.74) is 0.949. The molecule has 0 aromatic heterocycles. The summed E-state index contributed by atoms with van der Waals surface area (Å²) in [5, 5.41) is 6.47. The number of carbonyl (C=O) groups is 1. The molecule has 0 spiro atoms. The number of hydrogen-bond acceptors (Lipinski definition) is 3. The Morgan fingerprint density at radius 3 is 2.53 bits per heavy atom. The van der Waals surface area contributed by atoms with E-state index in [2.05, 4.69) is 17.6 Å². The first-order chi connectivity index (χ1) is 9.11. The molecule has 1 heterocycles. The van der Waals surface area contributed by atoms with Crippen LogP contribution in [0.3, 0.4) is 0 Å². The summed E-state index contributed by atoms with van der Waals surface area (Å²) in [4.78, 5) is 12.1. The summed E-state index contributed by atoms with van der Waals surface area (Å²) in [5.74, 6) is 0.907. The number of rotatable bonds is 4. The molecule has 1 aliphatic rings. The zero-order valence-electron chi connectivity index (χ0n) is 11.7. The van der Waals surface area contributed by atoms with Crippen LogP contribution in [0.4, 0.5) is 0 Å². The van der Waals surface area contributed by atoms with Crippen LogP contribution in [-0.2, 0) is 11.2 Å². The maximum absolute atomic E-state index is 12.1. The van der Waals surface area contributed by atoms with Gasteiger partial charge >= 0.3 is 0 Å². The van der Waals surface area contributed by atoms with Gasteiger partial charge in [0.15, 0.2) is 0 Å². The quantitative estimate of drug-likeness (QED) is 0.864. The van der Waals surface area contributed by atoms with Gasteiger partial charge in [0.05, 0.1) is 13.5 Å². The van der Waals surface area contributed by atoms with Gasteiger partial charge in [0, 0.05) is 5.54 Å². The second-order valence-corrected chi connectivity index (χ2v) is 5.38. The SMILES string of the molecule is COc1ccc(CC(=O)NC2(C)CCNCC2)cc1. The van der Waals surface area contributed by atoms with Gasteiger partial charge in [-0.15, -0.1) is 0 Å². The van der Waals surface area contributed by atoms with E-state index in [1.807, 2.05) is 24.3 Å². The molecule has 0 saturated carbocycles. The zero-order chi connectivity index (χ0) is 13.7. The highest BCUT2D eigenvalue weighted by molar-refractivity contribution is 5.79. The van der Waals surface area contributed by atoms with Crippen LogP contribution in [0.15, 0.2) is 24.3 Å². The highest BCUT2D eigenvalue weighted by Gasteiger charge is 2.27. The van der Waals surface area contributed by atoms with Gasteiger partial charge in [0.2, 0.25) is 5.91 Å². The van der Waals surface area contributed by atoms with Crippen LogP contribution >= 0.6 is 0 Å². The Bertz CT molecular complexity index is 422. The van der Waals surface area contributed by atoms with Crippen molar-refractivity contribution in [3.8, 4) is 5.75 Å². The fourth-order valence-corrected chi connectivity index (χ4v) is 2.41. The Balaban J connectivity index is 1.89. The monoisotopic (exact) mass is 262 g/mol. The number of amides is 1. The lowest BCUT2D eigenvalue weighted by atomic mass is 9.90. The molecule has 2 N–H and O–H groups in total. The molecule has 4 heteroatoms. The fraction of sp³-hybridized carbons (Fsp3) is 0.533. The summed E-state index contributed by atoms with van der Waals surface area (Å²) in [6.45, 7) is 4.07. The second kappa shape index (κ2) is 6.06. The van der Waals surface area contributed by atoms with Gasteiger partial charge in [-0.25, -0.2) is 0 Å². The van der Waals surface area contributed by atoms with Gasteiger partial charge in [-0.3, -0.25) is 4.79 Å². The normalized spacial score (nSPS) is 17.8. The van der Waals surface area contributed by atoms with E-state index in [0.29, 0.717) is 6.42 Å². The molecule has 1 fully saturated rings. The first-order valence-electron chi connectivity index (χ1n) is 6.76. The smallest absolute Gasteiger partial charge is 0.224 e. The standard InChI is InChI=1S/C15H22N2O2/c1-15(7-9-16-10-8-15)17-14(18)11-12-3-5-13(19-2)6-4-12/h3-6,16H,7-11H2,1-2H3,(H,17,18). The minimum absolute atomic E-state index is 0.0607. The van der Waals surface area contributed by atoms with E-state index >= 15 is 0 Å². The van der Waals surface area contributed by atoms with Crippen molar-refractivity contribution < 1.29 is 9.53 Å². The summed E-state index contributed by atoms with van der Waals surface area (Å²) >= 11 is 0. The zero-order valence-corrected chi connectivity index (χ0v) is 11.7. The molecular formula is C15H22N2O2. The number of hydrogen-bond donors (Lipinski definition) is 2. The molecule has 2 rings (SSSR count). The molecule has 4 nitrogen and oxygen atoms in total. The lowest BCUT2D eigenvalue weighted by Crippen LogP contribution is -2.52. The minimum Gasteiger partial charge on any atom is -0.497 e. The topological polar surface area (TPSA) is 50.4 Å². The molecule has 1 aromatic carbocycles. The summed E-state index contributed by atoms with van der Waals surface area (Å²) in [7, 11) is 1.64. The predicted octanol–water partition coefficient (Wildman–Crippen LogP) is 1.50. The molecule has 0 bridgehead atoms. The molecule has 104 valence electrons. The number of ether oxygens (including phenoxy) is 1. The van der Waals surface area contributed by atoms with Crippen LogP contribution in [0.1, 0.15) is 25.3 Å². The van der Waals surface area contributed by atoms with Gasteiger partial charge in [0.25, 0.3) is 0 Å². The average molecular weight is 262 g/mol. The first-order valence-corrected chi connectivity index (χ1v) is 6.76. The van der Waals surface area contributed by atoms with Gasteiger partial charge in [-0.05, 0) is 50.6 Å². The van der Waals surface area contributed by atoms with Crippen molar-refractivity contribution in [1.82, 2.24) is 10.6 Å². The Hall–Kier alpha value is -1.55. The van der Waals surface area contributed by atoms with Gasteiger partial charge in [-0.1, -0.05) is 12.1 Å². The van der Waals surface area contributed by atoms with E-state index in [1.54, 1.807) is 7.11 Å². The van der Waals surface area contributed by atoms with Crippen LogP contribution < -0.4 is 15.4 Å². The molecule has 1 saturated heterocycles. The minimum atomic E-state index is -0.0607. The lowest BCUT2D eigenvalue weighted by molar-refractivity contribution is -0.122. The van der Waals surface area contributed by atoms with Crippen molar-refractivity contribution in [1.29, 1.82) is 0 Å². The average Bonchev–Trinajstić information content (AvgIpc) is 2.39. The van der Waals surface area contributed by atoms with Crippen molar-refractivity contribution in [3.63, 3.8) is 0 Å². The Morgan fingerprint density at radius 1 is 1.32 bits per heavy atom. The van der Waals surface area contributed by atoms with Gasteiger partial charge in [0.1, 0.15) is 5.75 Å². The second-order valence-electron chi connectivity index (χ2n) is 5.38. The van der Waals surface area contributed by atoms with Crippen molar-refractivity contribution in [2.75, 3.05) is 20.2 Å². The largest absolute Gasteiger partial charge is 0.497 e. The summed E-state index contributed by atoms with van der Waals surface area (Å²) in [6.07, 6.45) is 2.40. The molecule has 0 aliphatic carbocycles. The highest BCUT2D eigenvalue weighted by atomic mass is 16.5. The third-order valence-corrected chi connectivity index (χ3v) is 3.67. The van der Waals surface area contributed by atoms with Crippen molar-refractivity contribution >= 4 is 5.91 Å². The Labute approximate surface area is 114 Å². The number of nitrogens with one attached hydrogen (secondary N) is 2. The number of benzene rings is 1. The lowest BCUT2D eigenvalue weighted by Gasteiger charge is -2.35. The molecule has 0 atom stereocenters. The number of piperidine rings is 1. The van der Waals surface area contributed by atoms with E-state index in [0.717, 1.165) is 37.2 Å². The maximum Gasteiger partial charge on any atom is 0.224 e. The van der Waals surface area contributed by atoms with E-state index in [1.165, 1.54) is 0 Å². The Kier molecular flexibility index (Phi) is 4.43. The maximum atomic E-state index is 12.1. The number of carbonyl (C=O) groups excluding carboxylic acids is 1. The van der Waals surface area contributed by atoms with Crippen LogP contribution in [0, 0.1) is 0 Å². The molecule has 0 radical (unpaired) electrons. The predicted molar refractivity (Wildman–Crippen MR) is 75.3 cm³/mol. The fourth-order valence-electron chi connectivity index (χ4n) is 2.41. The van der Waals surface area contributed by atoms with E-state index in [9.17, 15) is 4.79 Å². The van der Waals surface area contributed by atoms with E-state index in [-0.39, 0.29) is 11.4 Å². The Morgan fingerprint density at radius 2 is 1.95 bits per heavy atom. The van der Waals surface area contributed by atoms with E-state index in [4.69, 9.17) is 4.74 Å². The summed E-state index contributed by atoms with van der Waals surface area (Å²) in [6, 6.07) is 7.63. The van der Waals surface area contributed by atoms with E-state index < -0.39 is 0 Å². The van der Waals surface area contributed by atoms with Gasteiger partial charge in [-0.2, -0.15) is 0 Å². The molecule has 0 unspecified atom stereocenters. The molecular weight excluding hydrogens is 240 g/mol. The van der Waals surface area contributed by atoms with Crippen LogP contribution in [0.2, 0.25) is 0 Å². The molecule has 1 amide bonds. The third-order valence-electron chi connectivity index (χ3n) is 3.67. The first kappa shape index (κ1) is 13.9. The summed E-state index contributed by atoms with van der Waals surface area (Å²) < 4.78 is 5.10. The highest BCUT2D eigenvalue weighted by Crippen LogP contribution is 2.17. The molecule has 1 aromatic rings. The van der Waals surface area contributed by atoms with Crippen LogP contribution in [-0.4, -0.2) is 31.6 Å². The third kappa shape index (κ3) is 3.96. The van der Waals surface area contributed by atoms with Crippen LogP contribution in [0.5, 0.6) is 5.75 Å². The van der Waals surface area contributed by atoms with Crippen molar-refractivity contribution in [2.24, 2.45) is 0 Å². The molecule has 19 heavy (non-hydrogen) atoms. The molecule has 1 aliphatic heterocycles. The van der Waals surface area contributed by atoms with Crippen molar-refractivity contribution in [3.05, 3.63) is 29.8 Å². The van der Waals surface area contributed by atoms with Crippen molar-refractivity contribution in [2.45, 2.75) is 31.7 Å². The van der Waals surface area contributed by atoms with Crippen LogP contribution in [0.25, 0.3) is 0 Å². The van der Waals surface area contributed by atoms with Gasteiger partial charge < -0.3 is 15.4 Å². The number of methoxy groups -OCH3 is 1.